The normalized spacial score (nSPS) is 12.2. The monoisotopic (exact) mass is 473 g/mol. The molecule has 0 aliphatic heterocycles. The maximum atomic E-state index is 12.9. The molecule has 0 amide bonds. The number of sulfone groups is 1. The molecule has 0 aliphatic carbocycles. The smallest absolute Gasteiger partial charge is 0.294 e. The average molecular weight is 473 g/mol. The number of benzene rings is 2. The van der Waals surface area contributed by atoms with E-state index in [0.717, 1.165) is 29.1 Å². The summed E-state index contributed by atoms with van der Waals surface area (Å²) in [4.78, 5) is 16.4. The molecule has 0 atom stereocenters. The van der Waals surface area contributed by atoms with Gasteiger partial charge >= 0.3 is 6.18 Å². The average Bonchev–Trinajstić information content (AvgIpc) is 3.25. The van der Waals surface area contributed by atoms with Gasteiger partial charge in [-0.15, -0.1) is 0 Å². The van der Waals surface area contributed by atoms with Gasteiger partial charge in [0.25, 0.3) is 0 Å². The van der Waals surface area contributed by atoms with Crippen LogP contribution in [0.5, 0.6) is 0 Å². The Kier molecular flexibility index (Phi) is 5.79. The molecule has 0 bridgehead atoms. The summed E-state index contributed by atoms with van der Waals surface area (Å²) in [5.74, 6) is -0.109. The van der Waals surface area contributed by atoms with Gasteiger partial charge < -0.3 is 0 Å². The number of rotatable bonds is 6. The van der Waals surface area contributed by atoms with Crippen molar-refractivity contribution in [3.63, 3.8) is 0 Å². The maximum Gasteiger partial charge on any atom is 0.416 e. The van der Waals surface area contributed by atoms with Gasteiger partial charge in [0, 0.05) is 23.6 Å². The number of carbonyl (C=O) groups excluding carboxylic acids is 1. The molecule has 6 nitrogen and oxygen atoms in total. The number of alkyl halides is 3. The Morgan fingerprint density at radius 3 is 2.42 bits per heavy atom. The van der Waals surface area contributed by atoms with E-state index in [1.54, 1.807) is 24.4 Å². The van der Waals surface area contributed by atoms with E-state index in [2.05, 4.69) is 15.2 Å². The zero-order valence-corrected chi connectivity index (χ0v) is 18.2. The lowest BCUT2D eigenvalue weighted by Gasteiger charge is -2.12. The number of Topliss-reactive ketones (excluding diaryl/α,β-unsaturated/α-hetero) is 1. The van der Waals surface area contributed by atoms with Crippen molar-refractivity contribution in [1.29, 1.82) is 0 Å². The van der Waals surface area contributed by atoms with Gasteiger partial charge in [0.1, 0.15) is 0 Å². The number of ketones is 1. The van der Waals surface area contributed by atoms with E-state index < -0.39 is 21.6 Å². The lowest BCUT2D eigenvalue weighted by atomic mass is 10.0. The number of hydrogen-bond donors (Lipinski definition) is 1. The predicted octanol–water partition coefficient (Wildman–Crippen LogP) is 4.93. The van der Waals surface area contributed by atoms with Gasteiger partial charge in [0.2, 0.25) is 9.84 Å². The minimum atomic E-state index is -4.55. The van der Waals surface area contributed by atoms with Gasteiger partial charge in [0.05, 0.1) is 21.6 Å². The van der Waals surface area contributed by atoms with Crippen LogP contribution in [0.3, 0.4) is 0 Å². The molecule has 0 saturated heterocycles. The summed E-state index contributed by atoms with van der Waals surface area (Å²) in [7, 11) is -3.99. The number of hydrogen-bond acceptors (Lipinski definition) is 5. The van der Waals surface area contributed by atoms with Crippen molar-refractivity contribution >= 4 is 26.7 Å². The summed E-state index contributed by atoms with van der Waals surface area (Å²) in [5.41, 5.74) is 0.917. The molecule has 0 saturated carbocycles. The van der Waals surface area contributed by atoms with Gasteiger partial charge in [-0.3, -0.25) is 9.89 Å². The Bertz CT molecular complexity index is 1440. The molecule has 33 heavy (non-hydrogen) atoms. The third-order valence-electron chi connectivity index (χ3n) is 5.28. The standard InChI is InChI=1S/C23H18F3N3O3S/c1-14-10-18(23(24,25)26)5-9-21(14)33(31,32)19-6-2-15(3-7-19)4-8-20(30)16-11-17-13-28-29-22(17)27-12-16/h2-3,5-7,9-13H,4,8H2,1H3,(H,27,28,29). The highest BCUT2D eigenvalue weighted by Gasteiger charge is 2.32. The second-order valence-electron chi connectivity index (χ2n) is 7.58. The highest BCUT2D eigenvalue weighted by Crippen LogP contribution is 2.33. The number of nitrogens with zero attached hydrogens (tertiary/aromatic N) is 2. The Balaban J connectivity index is 1.47. The second-order valence-corrected chi connectivity index (χ2v) is 9.50. The summed E-state index contributed by atoms with van der Waals surface area (Å²) in [6.07, 6.45) is -0.898. The summed E-state index contributed by atoms with van der Waals surface area (Å²) in [6, 6.07) is 10.2. The molecule has 2 aromatic carbocycles. The Hall–Kier alpha value is -3.53. The SMILES string of the molecule is Cc1cc(C(F)(F)F)ccc1S(=O)(=O)c1ccc(CCC(=O)c2cnc3[nH]ncc3c2)cc1. The van der Waals surface area contributed by atoms with Gasteiger partial charge in [-0.1, -0.05) is 12.1 Å². The quantitative estimate of drug-likeness (QED) is 0.401. The number of aromatic amines is 1. The first kappa shape index (κ1) is 22.7. The van der Waals surface area contributed by atoms with Crippen molar-refractivity contribution in [3.8, 4) is 0 Å². The van der Waals surface area contributed by atoms with Crippen LogP contribution in [-0.2, 0) is 22.4 Å². The van der Waals surface area contributed by atoms with Crippen LogP contribution < -0.4 is 0 Å². The minimum absolute atomic E-state index is 0.0164. The summed E-state index contributed by atoms with van der Waals surface area (Å²) < 4.78 is 64.4. The topological polar surface area (TPSA) is 92.8 Å². The number of H-pyrrole nitrogens is 1. The van der Waals surface area contributed by atoms with E-state index in [1.807, 2.05) is 0 Å². The van der Waals surface area contributed by atoms with Crippen molar-refractivity contribution in [2.45, 2.75) is 35.7 Å². The molecule has 0 unspecified atom stereocenters. The Morgan fingerprint density at radius 1 is 1.03 bits per heavy atom. The van der Waals surface area contributed by atoms with E-state index in [4.69, 9.17) is 0 Å². The molecule has 170 valence electrons. The molecule has 0 spiro atoms. The molecular weight excluding hydrogens is 455 g/mol. The lowest BCUT2D eigenvalue weighted by molar-refractivity contribution is -0.137. The van der Waals surface area contributed by atoms with Crippen molar-refractivity contribution in [2.24, 2.45) is 0 Å². The highest BCUT2D eigenvalue weighted by atomic mass is 32.2. The van der Waals surface area contributed by atoms with Crippen LogP contribution in [0.25, 0.3) is 11.0 Å². The molecule has 0 aliphatic rings. The number of halogens is 3. The zero-order chi connectivity index (χ0) is 23.8. The number of fused-ring (bicyclic) bond motifs is 1. The number of nitrogens with one attached hydrogen (secondary N) is 1. The van der Waals surface area contributed by atoms with Crippen LogP contribution in [0.2, 0.25) is 0 Å². The fourth-order valence-electron chi connectivity index (χ4n) is 3.48. The van der Waals surface area contributed by atoms with Crippen LogP contribution in [0.4, 0.5) is 13.2 Å². The van der Waals surface area contributed by atoms with Crippen LogP contribution in [-0.4, -0.2) is 29.4 Å². The van der Waals surface area contributed by atoms with Crippen molar-refractivity contribution in [3.05, 3.63) is 83.2 Å². The molecule has 1 N–H and O–H groups in total. The van der Waals surface area contributed by atoms with Gasteiger partial charge in [0.15, 0.2) is 11.4 Å². The summed E-state index contributed by atoms with van der Waals surface area (Å²) in [6.45, 7) is 1.33. The van der Waals surface area contributed by atoms with E-state index in [-0.39, 0.29) is 27.6 Å². The van der Waals surface area contributed by atoms with Gasteiger partial charge in [-0.05, 0) is 60.9 Å². The molecule has 10 heteroatoms. The fourth-order valence-corrected chi connectivity index (χ4v) is 4.96. The largest absolute Gasteiger partial charge is 0.416 e. The number of carbonyl (C=O) groups is 1. The van der Waals surface area contributed by atoms with Crippen LogP contribution in [0, 0.1) is 6.92 Å². The Labute approximate surface area is 187 Å². The predicted molar refractivity (Wildman–Crippen MR) is 115 cm³/mol. The molecule has 4 aromatic rings. The fraction of sp³-hybridized carbons (Fsp3) is 0.174. The minimum Gasteiger partial charge on any atom is -0.294 e. The highest BCUT2D eigenvalue weighted by molar-refractivity contribution is 7.91. The van der Waals surface area contributed by atoms with E-state index >= 15 is 0 Å². The van der Waals surface area contributed by atoms with E-state index in [0.29, 0.717) is 17.6 Å². The first-order valence-electron chi connectivity index (χ1n) is 9.90. The van der Waals surface area contributed by atoms with Crippen molar-refractivity contribution in [1.82, 2.24) is 15.2 Å². The summed E-state index contributed by atoms with van der Waals surface area (Å²) >= 11 is 0. The molecule has 2 heterocycles. The maximum absolute atomic E-state index is 12.9. The third kappa shape index (κ3) is 4.65. The Morgan fingerprint density at radius 2 is 1.76 bits per heavy atom. The zero-order valence-electron chi connectivity index (χ0n) is 17.3. The third-order valence-corrected chi connectivity index (χ3v) is 7.21. The van der Waals surface area contributed by atoms with Crippen LogP contribution >= 0.6 is 0 Å². The number of pyridine rings is 1. The van der Waals surface area contributed by atoms with E-state index in [1.165, 1.54) is 25.3 Å². The lowest BCUT2D eigenvalue weighted by Crippen LogP contribution is -2.09. The second kappa shape index (κ2) is 8.43. The van der Waals surface area contributed by atoms with Gasteiger partial charge in [-0.25, -0.2) is 13.4 Å². The van der Waals surface area contributed by atoms with Crippen molar-refractivity contribution < 1.29 is 26.4 Å². The van der Waals surface area contributed by atoms with E-state index in [9.17, 15) is 26.4 Å². The first-order valence-corrected chi connectivity index (χ1v) is 11.4. The molecule has 2 aromatic heterocycles. The van der Waals surface area contributed by atoms with Crippen LogP contribution in [0.1, 0.15) is 33.5 Å². The van der Waals surface area contributed by atoms with Crippen molar-refractivity contribution in [2.75, 3.05) is 0 Å². The molecular formula is C23H18F3N3O3S. The van der Waals surface area contributed by atoms with Crippen LogP contribution in [0.15, 0.2) is 70.7 Å². The molecule has 0 radical (unpaired) electrons. The molecule has 4 rings (SSSR count). The number of aryl methyl sites for hydroxylation is 2. The number of aromatic nitrogens is 3. The van der Waals surface area contributed by atoms with Gasteiger partial charge in [-0.2, -0.15) is 18.3 Å². The molecule has 0 fully saturated rings. The first-order chi connectivity index (χ1) is 15.6. The summed E-state index contributed by atoms with van der Waals surface area (Å²) in [5, 5.41) is 7.31.